The summed E-state index contributed by atoms with van der Waals surface area (Å²) in [5.74, 6) is 0. The van der Waals surface area contributed by atoms with Crippen molar-refractivity contribution in [2.24, 2.45) is 0 Å². The molecule has 0 spiro atoms. The van der Waals surface area contributed by atoms with Gasteiger partial charge < -0.3 is 0 Å². The minimum absolute atomic E-state index is 0.942. The Morgan fingerprint density at radius 1 is 1.40 bits per heavy atom. The third kappa shape index (κ3) is 1.83. The van der Waals surface area contributed by atoms with Crippen LogP contribution in [0, 0.1) is 3.57 Å². The fraction of sp³-hybridized carbons (Fsp3) is 0. The molecule has 52 valence electrons. The zero-order valence-corrected chi connectivity index (χ0v) is 9.02. The first-order valence-electron chi connectivity index (χ1n) is 2.81. The van der Waals surface area contributed by atoms with Gasteiger partial charge in [0.25, 0.3) is 0 Å². The van der Waals surface area contributed by atoms with Crippen molar-refractivity contribution >= 4 is 43.0 Å². The molecule has 10 heavy (non-hydrogen) atoms. The van der Waals surface area contributed by atoms with E-state index in [-0.39, 0.29) is 0 Å². The van der Waals surface area contributed by atoms with Crippen molar-refractivity contribution in [1.29, 1.82) is 0 Å². The van der Waals surface area contributed by atoms with E-state index in [9.17, 15) is 0 Å². The van der Waals surface area contributed by atoms with Crippen molar-refractivity contribution in [3.8, 4) is 0 Å². The molecule has 0 aliphatic rings. The van der Waals surface area contributed by atoms with Gasteiger partial charge in [-0.05, 0) is 28.7 Å². The Balaban J connectivity index is 3.15. The maximum Gasteiger partial charge on any atom is 0.0213 e. The standard InChI is InChI=1S/C8H6BrI/c1-6(9)7-4-2-3-5-8(7)10/h2-5H,1H2. The van der Waals surface area contributed by atoms with E-state index in [1.807, 2.05) is 18.2 Å². The maximum atomic E-state index is 3.80. The van der Waals surface area contributed by atoms with E-state index >= 15 is 0 Å². The Labute approximate surface area is 82.6 Å². The van der Waals surface area contributed by atoms with E-state index < -0.39 is 0 Å². The van der Waals surface area contributed by atoms with Crippen LogP contribution in [0.2, 0.25) is 0 Å². The number of hydrogen-bond donors (Lipinski definition) is 0. The van der Waals surface area contributed by atoms with Gasteiger partial charge >= 0.3 is 0 Å². The Kier molecular flexibility index (Phi) is 2.92. The first kappa shape index (κ1) is 8.27. The summed E-state index contributed by atoms with van der Waals surface area (Å²) in [6, 6.07) is 8.12. The van der Waals surface area contributed by atoms with Crippen LogP contribution >= 0.6 is 38.5 Å². The van der Waals surface area contributed by atoms with Crippen LogP contribution < -0.4 is 0 Å². The molecule has 0 saturated heterocycles. The van der Waals surface area contributed by atoms with Gasteiger partial charge in [0.15, 0.2) is 0 Å². The SMILES string of the molecule is C=C(Br)c1ccccc1I. The van der Waals surface area contributed by atoms with Gasteiger partial charge in [-0.2, -0.15) is 0 Å². The van der Waals surface area contributed by atoms with Crippen molar-refractivity contribution in [3.05, 3.63) is 40.0 Å². The molecule has 1 aromatic rings. The van der Waals surface area contributed by atoms with Gasteiger partial charge in [-0.15, -0.1) is 0 Å². The van der Waals surface area contributed by atoms with Crippen molar-refractivity contribution < 1.29 is 0 Å². The van der Waals surface area contributed by atoms with Gasteiger partial charge in [0.2, 0.25) is 0 Å². The number of benzene rings is 1. The lowest BCUT2D eigenvalue weighted by Crippen LogP contribution is -1.79. The number of hydrogen-bond acceptors (Lipinski definition) is 0. The Bertz CT molecular complexity index is 255. The van der Waals surface area contributed by atoms with Gasteiger partial charge in [0, 0.05) is 13.6 Å². The summed E-state index contributed by atoms with van der Waals surface area (Å²) < 4.78 is 2.17. The number of halogens is 2. The first-order chi connectivity index (χ1) is 4.72. The lowest BCUT2D eigenvalue weighted by atomic mass is 10.2. The summed E-state index contributed by atoms with van der Waals surface area (Å²) in [6.07, 6.45) is 0. The molecule has 0 aliphatic carbocycles. The lowest BCUT2D eigenvalue weighted by molar-refractivity contribution is 1.60. The second kappa shape index (κ2) is 3.53. The van der Waals surface area contributed by atoms with Crippen LogP contribution in [0.15, 0.2) is 30.8 Å². The molecule has 1 rings (SSSR count). The monoisotopic (exact) mass is 308 g/mol. The van der Waals surface area contributed by atoms with E-state index in [2.05, 4.69) is 51.2 Å². The van der Waals surface area contributed by atoms with Crippen LogP contribution in [-0.2, 0) is 0 Å². The highest BCUT2D eigenvalue weighted by atomic mass is 127. The Morgan fingerprint density at radius 2 is 2.00 bits per heavy atom. The average Bonchev–Trinajstić information content (AvgIpc) is 1.88. The zero-order chi connectivity index (χ0) is 7.56. The smallest absolute Gasteiger partial charge is 0.0213 e. The molecule has 0 bridgehead atoms. The van der Waals surface area contributed by atoms with E-state index in [0.29, 0.717) is 0 Å². The van der Waals surface area contributed by atoms with Crippen LogP contribution in [0.25, 0.3) is 4.48 Å². The third-order valence-corrected chi connectivity index (χ3v) is 2.53. The van der Waals surface area contributed by atoms with E-state index in [1.54, 1.807) is 0 Å². The summed E-state index contributed by atoms with van der Waals surface area (Å²) in [7, 11) is 0. The fourth-order valence-corrected chi connectivity index (χ4v) is 2.11. The summed E-state index contributed by atoms with van der Waals surface area (Å²) in [5.41, 5.74) is 1.17. The first-order valence-corrected chi connectivity index (χ1v) is 4.68. The molecule has 1 aromatic carbocycles. The molecule has 0 unspecified atom stereocenters. The van der Waals surface area contributed by atoms with E-state index in [0.717, 1.165) is 4.48 Å². The van der Waals surface area contributed by atoms with Crippen molar-refractivity contribution in [2.45, 2.75) is 0 Å². The second-order valence-corrected chi connectivity index (χ2v) is 4.00. The maximum absolute atomic E-state index is 3.80. The summed E-state index contributed by atoms with van der Waals surface area (Å²) in [5, 5.41) is 0. The van der Waals surface area contributed by atoms with Crippen LogP contribution in [0.5, 0.6) is 0 Å². The minimum atomic E-state index is 0.942. The van der Waals surface area contributed by atoms with Gasteiger partial charge in [-0.3, -0.25) is 0 Å². The number of rotatable bonds is 1. The molecule has 0 atom stereocenters. The molecule has 0 aromatic heterocycles. The summed E-state index contributed by atoms with van der Waals surface area (Å²) in [6.45, 7) is 3.80. The fourth-order valence-electron chi connectivity index (χ4n) is 0.681. The predicted molar refractivity (Wildman–Crippen MR) is 57.1 cm³/mol. The highest BCUT2D eigenvalue weighted by Gasteiger charge is 1.97. The summed E-state index contributed by atoms with van der Waals surface area (Å²) in [4.78, 5) is 0. The summed E-state index contributed by atoms with van der Waals surface area (Å²) >= 11 is 5.62. The largest absolute Gasteiger partial charge is 0.0841 e. The molecular weight excluding hydrogens is 303 g/mol. The highest BCUT2D eigenvalue weighted by molar-refractivity contribution is 14.1. The molecule has 0 amide bonds. The van der Waals surface area contributed by atoms with Gasteiger partial charge in [0.05, 0.1) is 0 Å². The Morgan fingerprint density at radius 3 is 2.40 bits per heavy atom. The van der Waals surface area contributed by atoms with Crippen LogP contribution in [0.3, 0.4) is 0 Å². The van der Waals surface area contributed by atoms with E-state index in [1.165, 1.54) is 9.13 Å². The molecule has 2 heteroatoms. The van der Waals surface area contributed by atoms with Crippen LogP contribution in [0.4, 0.5) is 0 Å². The van der Waals surface area contributed by atoms with Crippen molar-refractivity contribution in [1.82, 2.24) is 0 Å². The molecule has 0 fully saturated rings. The zero-order valence-electron chi connectivity index (χ0n) is 5.27. The average molecular weight is 309 g/mol. The third-order valence-electron chi connectivity index (χ3n) is 1.17. The molecular formula is C8H6BrI. The predicted octanol–water partition coefficient (Wildman–Crippen LogP) is 3.66. The molecule has 0 aliphatic heterocycles. The van der Waals surface area contributed by atoms with Gasteiger partial charge in [-0.1, -0.05) is 40.7 Å². The second-order valence-electron chi connectivity index (χ2n) is 1.88. The molecule has 0 nitrogen and oxygen atoms in total. The van der Waals surface area contributed by atoms with Gasteiger partial charge in [0.1, 0.15) is 0 Å². The quantitative estimate of drug-likeness (QED) is 0.695. The van der Waals surface area contributed by atoms with Gasteiger partial charge in [-0.25, -0.2) is 0 Å². The highest BCUT2D eigenvalue weighted by Crippen LogP contribution is 2.23. The Hall–Kier alpha value is 0.170. The lowest BCUT2D eigenvalue weighted by Gasteiger charge is -1.98. The van der Waals surface area contributed by atoms with Crippen LogP contribution in [-0.4, -0.2) is 0 Å². The van der Waals surface area contributed by atoms with Crippen LogP contribution in [0.1, 0.15) is 5.56 Å². The molecule has 0 N–H and O–H groups in total. The van der Waals surface area contributed by atoms with Crippen molar-refractivity contribution in [2.75, 3.05) is 0 Å². The van der Waals surface area contributed by atoms with Crippen molar-refractivity contribution in [3.63, 3.8) is 0 Å². The molecule has 0 radical (unpaired) electrons. The van der Waals surface area contributed by atoms with E-state index in [4.69, 9.17) is 0 Å². The normalized spacial score (nSPS) is 9.40. The molecule has 0 heterocycles. The topological polar surface area (TPSA) is 0 Å². The molecule has 0 saturated carbocycles. The minimum Gasteiger partial charge on any atom is -0.0841 e.